The first-order valence-electron chi connectivity index (χ1n) is 10.7. The zero-order chi connectivity index (χ0) is 25.8. The highest BCUT2D eigenvalue weighted by atomic mass is 35.5. The highest BCUT2D eigenvalue weighted by Gasteiger charge is 2.57. The Morgan fingerprint density at radius 2 is 1.91 bits per heavy atom. The Labute approximate surface area is 204 Å². The maximum atomic E-state index is 14.2. The number of fused-ring (bicyclic) bond motifs is 1. The van der Waals surface area contributed by atoms with Gasteiger partial charge in [-0.15, -0.1) is 0 Å². The number of nitrogens with zero attached hydrogens (tertiary/aromatic N) is 2. The first kappa shape index (κ1) is 25.6. The third kappa shape index (κ3) is 5.39. The van der Waals surface area contributed by atoms with E-state index >= 15 is 0 Å². The van der Waals surface area contributed by atoms with Crippen LogP contribution in [0, 0.1) is 5.82 Å². The van der Waals surface area contributed by atoms with Crippen LogP contribution in [0.15, 0.2) is 30.5 Å². The Kier molecular flexibility index (Phi) is 6.52. The number of anilines is 1. The minimum Gasteiger partial charge on any atom is -0.380 e. The van der Waals surface area contributed by atoms with Crippen LogP contribution in [0.3, 0.4) is 0 Å². The van der Waals surface area contributed by atoms with Gasteiger partial charge in [0.25, 0.3) is 0 Å². The standard InChI is InChI=1S/C22H23ClF4N4O3S/c1-31(20(32)21(7-8-21)30-35(2,33)34)19(22(25,26)27)17-6-4-13(11-28-17)29-14-9-12-3-5-16(23)18(24)15(12)10-14/h3-6,11,14,19,29-30H,7-10H2,1-2H3. The summed E-state index contributed by atoms with van der Waals surface area (Å²) in [5.74, 6) is -1.44. The molecule has 2 N–H and O–H groups in total. The molecular formula is C22H23ClF4N4O3S. The minimum atomic E-state index is -4.85. The first-order valence-corrected chi connectivity index (χ1v) is 13.0. The van der Waals surface area contributed by atoms with Crippen molar-refractivity contribution in [2.24, 2.45) is 0 Å². The van der Waals surface area contributed by atoms with Crippen molar-refractivity contribution in [3.05, 3.63) is 58.1 Å². The lowest BCUT2D eigenvalue weighted by molar-refractivity contribution is -0.190. The number of amides is 1. The minimum absolute atomic E-state index is 0.0343. The van der Waals surface area contributed by atoms with Crippen LogP contribution in [0.25, 0.3) is 0 Å². The van der Waals surface area contributed by atoms with Gasteiger partial charge in [-0.1, -0.05) is 17.7 Å². The number of carbonyl (C=O) groups excluding carboxylic acids is 1. The van der Waals surface area contributed by atoms with E-state index in [9.17, 15) is 30.8 Å². The number of carbonyl (C=O) groups is 1. The molecule has 1 aromatic carbocycles. The smallest absolute Gasteiger partial charge is 0.380 e. The predicted molar refractivity (Wildman–Crippen MR) is 122 cm³/mol. The molecule has 0 radical (unpaired) electrons. The predicted octanol–water partition coefficient (Wildman–Crippen LogP) is 3.60. The van der Waals surface area contributed by atoms with Crippen LogP contribution in [0.4, 0.5) is 23.2 Å². The van der Waals surface area contributed by atoms with E-state index in [1.807, 2.05) is 0 Å². The third-order valence-electron chi connectivity index (χ3n) is 6.21. The van der Waals surface area contributed by atoms with E-state index in [4.69, 9.17) is 11.6 Å². The van der Waals surface area contributed by atoms with Crippen molar-refractivity contribution in [3.63, 3.8) is 0 Å². The van der Waals surface area contributed by atoms with Crippen LogP contribution < -0.4 is 10.0 Å². The van der Waals surface area contributed by atoms with Crippen LogP contribution in [0.5, 0.6) is 0 Å². The number of halogens is 5. The van der Waals surface area contributed by atoms with E-state index in [0.717, 1.165) is 24.9 Å². The average Bonchev–Trinajstić information content (AvgIpc) is 3.39. The lowest BCUT2D eigenvalue weighted by atomic mass is 10.1. The molecule has 13 heteroatoms. The van der Waals surface area contributed by atoms with E-state index < -0.39 is 45.2 Å². The summed E-state index contributed by atoms with van der Waals surface area (Å²) in [7, 11) is -2.82. The Hall–Kier alpha value is -2.44. The van der Waals surface area contributed by atoms with E-state index in [1.165, 1.54) is 18.3 Å². The second-order valence-electron chi connectivity index (χ2n) is 9.04. The topological polar surface area (TPSA) is 91.4 Å². The van der Waals surface area contributed by atoms with Gasteiger partial charge in [-0.25, -0.2) is 12.8 Å². The fraction of sp³-hybridized carbons (Fsp3) is 0.455. The van der Waals surface area contributed by atoms with Gasteiger partial charge in [0.15, 0.2) is 6.04 Å². The molecule has 0 saturated heterocycles. The summed E-state index contributed by atoms with van der Waals surface area (Å²) in [6, 6.07) is 3.25. The van der Waals surface area contributed by atoms with Crippen LogP contribution in [-0.4, -0.2) is 55.3 Å². The highest BCUT2D eigenvalue weighted by Crippen LogP contribution is 2.43. The Morgan fingerprint density at radius 1 is 1.23 bits per heavy atom. The molecule has 0 aliphatic heterocycles. The normalized spacial score (nSPS) is 19.7. The van der Waals surface area contributed by atoms with Crippen molar-refractivity contribution < 1.29 is 30.8 Å². The van der Waals surface area contributed by atoms with Crippen LogP contribution >= 0.6 is 11.6 Å². The summed E-state index contributed by atoms with van der Waals surface area (Å²) in [6.45, 7) is 0. The molecule has 2 aromatic rings. The van der Waals surface area contributed by atoms with Crippen LogP contribution in [-0.2, 0) is 27.7 Å². The number of alkyl halides is 3. The van der Waals surface area contributed by atoms with E-state index in [1.54, 1.807) is 6.07 Å². The van der Waals surface area contributed by atoms with Gasteiger partial charge in [0.1, 0.15) is 11.4 Å². The second kappa shape index (κ2) is 8.90. The van der Waals surface area contributed by atoms with Gasteiger partial charge in [-0.3, -0.25) is 9.78 Å². The number of rotatable bonds is 7. The number of sulfonamides is 1. The summed E-state index contributed by atoms with van der Waals surface area (Å²) in [5.41, 5.74) is -0.230. The lowest BCUT2D eigenvalue weighted by Crippen LogP contribution is -2.52. The number of pyridine rings is 1. The van der Waals surface area contributed by atoms with E-state index in [0.29, 0.717) is 29.0 Å². The first-order chi connectivity index (χ1) is 16.2. The molecule has 2 unspecified atom stereocenters. The number of aromatic nitrogens is 1. The maximum absolute atomic E-state index is 14.2. The van der Waals surface area contributed by atoms with E-state index in [2.05, 4.69) is 15.0 Å². The number of hydrogen-bond donors (Lipinski definition) is 2. The quantitative estimate of drug-likeness (QED) is 0.530. The summed E-state index contributed by atoms with van der Waals surface area (Å²) in [5, 5.41) is 3.17. The number of likely N-dealkylation sites (N-methyl/N-ethyl adjacent to an activating group) is 1. The molecule has 35 heavy (non-hydrogen) atoms. The Morgan fingerprint density at radius 3 is 2.46 bits per heavy atom. The molecular weight excluding hydrogens is 512 g/mol. The average molecular weight is 535 g/mol. The Bertz CT molecular complexity index is 1250. The van der Waals surface area contributed by atoms with Crippen LogP contribution in [0.1, 0.15) is 35.7 Å². The third-order valence-corrected chi connectivity index (χ3v) is 7.26. The summed E-state index contributed by atoms with van der Waals surface area (Å²) in [6.07, 6.45) is -1.68. The molecule has 1 fully saturated rings. The molecule has 0 bridgehead atoms. The van der Waals surface area contributed by atoms with Gasteiger partial charge < -0.3 is 10.2 Å². The summed E-state index contributed by atoms with van der Waals surface area (Å²) in [4.78, 5) is 17.3. The Balaban J connectivity index is 1.50. The number of nitrogens with one attached hydrogen (secondary N) is 2. The van der Waals surface area contributed by atoms with Gasteiger partial charge in [-0.2, -0.15) is 17.9 Å². The second-order valence-corrected chi connectivity index (χ2v) is 11.2. The van der Waals surface area contributed by atoms with Gasteiger partial charge in [-0.05, 0) is 55.0 Å². The van der Waals surface area contributed by atoms with Gasteiger partial charge in [0.05, 0.1) is 28.9 Å². The van der Waals surface area contributed by atoms with Crippen molar-refractivity contribution in [1.82, 2.24) is 14.6 Å². The van der Waals surface area contributed by atoms with Crippen molar-refractivity contribution in [2.75, 3.05) is 18.6 Å². The zero-order valence-corrected chi connectivity index (χ0v) is 20.4. The molecule has 1 heterocycles. The molecule has 2 aliphatic rings. The van der Waals surface area contributed by atoms with Crippen molar-refractivity contribution >= 4 is 33.2 Å². The molecule has 1 amide bonds. The van der Waals surface area contributed by atoms with Gasteiger partial charge in [0.2, 0.25) is 15.9 Å². The van der Waals surface area contributed by atoms with Gasteiger partial charge >= 0.3 is 6.18 Å². The lowest BCUT2D eigenvalue weighted by Gasteiger charge is -2.32. The molecule has 4 rings (SSSR count). The molecule has 190 valence electrons. The largest absolute Gasteiger partial charge is 0.414 e. The SMILES string of the molecule is CN(C(=O)C1(NS(C)(=O)=O)CC1)C(c1ccc(NC2Cc3ccc(Cl)c(F)c3C2)cn1)C(F)(F)F. The van der Waals surface area contributed by atoms with E-state index in [-0.39, 0.29) is 23.9 Å². The molecule has 1 aromatic heterocycles. The molecule has 1 saturated carbocycles. The van der Waals surface area contributed by atoms with Crippen molar-refractivity contribution in [1.29, 1.82) is 0 Å². The molecule has 2 aliphatic carbocycles. The van der Waals surface area contributed by atoms with Gasteiger partial charge in [0, 0.05) is 13.1 Å². The number of benzene rings is 1. The van der Waals surface area contributed by atoms with Crippen molar-refractivity contribution in [2.45, 2.75) is 49.5 Å². The zero-order valence-electron chi connectivity index (χ0n) is 18.8. The number of hydrogen-bond acceptors (Lipinski definition) is 5. The fourth-order valence-electron chi connectivity index (χ4n) is 4.50. The molecule has 7 nitrogen and oxygen atoms in total. The highest BCUT2D eigenvalue weighted by molar-refractivity contribution is 7.88. The van der Waals surface area contributed by atoms with Crippen LogP contribution in [0.2, 0.25) is 5.02 Å². The summed E-state index contributed by atoms with van der Waals surface area (Å²) >= 11 is 5.84. The summed E-state index contributed by atoms with van der Waals surface area (Å²) < 4.78 is 81.5. The fourth-order valence-corrected chi connectivity index (χ4v) is 5.68. The monoisotopic (exact) mass is 534 g/mol. The molecule has 0 spiro atoms. The van der Waals surface area contributed by atoms with Crippen molar-refractivity contribution in [3.8, 4) is 0 Å². The maximum Gasteiger partial charge on any atom is 0.414 e. The molecule has 2 atom stereocenters.